The van der Waals surface area contributed by atoms with Crippen LogP contribution in [0.25, 0.3) is 0 Å². The minimum Gasteiger partial charge on any atom is -0.311 e. The number of carbonyl (C=O) groups excluding carboxylic acids is 1. The Kier molecular flexibility index (Phi) is 6.03. The highest BCUT2D eigenvalue weighted by molar-refractivity contribution is 6.30. The van der Waals surface area contributed by atoms with E-state index in [1.165, 1.54) is 22.3 Å². The molecule has 0 radical (unpaired) electrons. The summed E-state index contributed by atoms with van der Waals surface area (Å²) in [5.41, 5.74) is 7.49. The van der Waals surface area contributed by atoms with Crippen LogP contribution in [-0.4, -0.2) is 30.4 Å². The predicted molar refractivity (Wildman–Crippen MR) is 136 cm³/mol. The molecular weight excluding hydrogens is 428 g/mol. The number of aryl methyl sites for hydroxylation is 2. The Hall–Kier alpha value is -2.62. The molecule has 1 saturated heterocycles. The van der Waals surface area contributed by atoms with Crippen LogP contribution in [-0.2, 0) is 23.2 Å². The third-order valence-corrected chi connectivity index (χ3v) is 7.60. The van der Waals surface area contributed by atoms with E-state index < -0.39 is 0 Å². The molecule has 1 amide bonds. The van der Waals surface area contributed by atoms with Gasteiger partial charge in [0, 0.05) is 29.2 Å². The SMILES string of the molecule is Cc1cccc(CN2CCC3(CC2)CN(C(=O)Cc2ccc(Cl)cc2)c2ccc(C)cc23)c1. The van der Waals surface area contributed by atoms with E-state index in [1.54, 1.807) is 0 Å². The summed E-state index contributed by atoms with van der Waals surface area (Å²) in [5, 5.41) is 0.699. The summed E-state index contributed by atoms with van der Waals surface area (Å²) in [7, 11) is 0. The molecule has 170 valence electrons. The van der Waals surface area contributed by atoms with E-state index in [2.05, 4.69) is 61.2 Å². The maximum atomic E-state index is 13.4. The monoisotopic (exact) mass is 458 g/mol. The van der Waals surface area contributed by atoms with Crippen molar-refractivity contribution in [3.05, 3.63) is 99.6 Å². The quantitative estimate of drug-likeness (QED) is 0.473. The molecule has 0 atom stereocenters. The Labute approximate surface area is 202 Å². The fourth-order valence-corrected chi connectivity index (χ4v) is 5.64. The highest BCUT2D eigenvalue weighted by Gasteiger charge is 2.46. The van der Waals surface area contributed by atoms with Crippen LogP contribution in [0.2, 0.25) is 5.02 Å². The second kappa shape index (κ2) is 8.96. The van der Waals surface area contributed by atoms with Gasteiger partial charge in [-0.3, -0.25) is 9.69 Å². The molecule has 0 bridgehead atoms. The van der Waals surface area contributed by atoms with Gasteiger partial charge in [-0.25, -0.2) is 0 Å². The average Bonchev–Trinajstić information content (AvgIpc) is 3.10. The Balaban J connectivity index is 1.34. The highest BCUT2D eigenvalue weighted by Crippen LogP contribution is 2.47. The Morgan fingerprint density at radius 1 is 0.909 bits per heavy atom. The third-order valence-electron chi connectivity index (χ3n) is 7.35. The maximum absolute atomic E-state index is 13.4. The van der Waals surface area contributed by atoms with E-state index in [-0.39, 0.29) is 11.3 Å². The van der Waals surface area contributed by atoms with E-state index >= 15 is 0 Å². The van der Waals surface area contributed by atoms with Crippen LogP contribution in [0, 0.1) is 13.8 Å². The van der Waals surface area contributed by atoms with Crippen LogP contribution in [0.15, 0.2) is 66.7 Å². The first-order chi connectivity index (χ1) is 15.9. The van der Waals surface area contributed by atoms with Crippen LogP contribution >= 0.6 is 11.6 Å². The third kappa shape index (κ3) is 4.58. The van der Waals surface area contributed by atoms with E-state index in [9.17, 15) is 4.79 Å². The molecule has 0 aliphatic carbocycles. The number of anilines is 1. The average molecular weight is 459 g/mol. The predicted octanol–water partition coefficient (Wildman–Crippen LogP) is 6.08. The number of carbonyl (C=O) groups is 1. The van der Waals surface area contributed by atoms with Crippen molar-refractivity contribution in [3.8, 4) is 0 Å². The minimum absolute atomic E-state index is 0.0557. The molecule has 3 aromatic rings. The topological polar surface area (TPSA) is 23.6 Å². The molecule has 3 aromatic carbocycles. The maximum Gasteiger partial charge on any atom is 0.231 e. The van der Waals surface area contributed by atoms with Gasteiger partial charge in [0.1, 0.15) is 0 Å². The molecule has 2 aliphatic rings. The first-order valence-corrected chi connectivity index (χ1v) is 12.2. The summed E-state index contributed by atoms with van der Waals surface area (Å²) in [6, 6.07) is 23.0. The standard InChI is InChI=1S/C29H31ClN2O/c1-21-4-3-5-24(16-21)19-31-14-12-29(13-15-31)20-32(27-11-6-22(2)17-26(27)29)28(33)18-23-7-9-25(30)10-8-23/h3-11,16-17H,12-15,18-20H2,1-2H3. The molecule has 0 unspecified atom stereocenters. The number of hydrogen-bond donors (Lipinski definition) is 0. The van der Waals surface area contributed by atoms with Crippen molar-refractivity contribution < 1.29 is 4.79 Å². The normalized spacial score (nSPS) is 17.4. The number of hydrogen-bond acceptors (Lipinski definition) is 2. The summed E-state index contributed by atoms with van der Waals surface area (Å²) < 4.78 is 0. The van der Waals surface area contributed by atoms with Gasteiger partial charge >= 0.3 is 0 Å². The van der Waals surface area contributed by atoms with Crippen LogP contribution in [0.5, 0.6) is 0 Å². The van der Waals surface area contributed by atoms with Gasteiger partial charge in [0.25, 0.3) is 0 Å². The van der Waals surface area contributed by atoms with Crippen LogP contribution in [0.3, 0.4) is 0 Å². The lowest BCUT2D eigenvalue weighted by atomic mass is 9.74. The molecule has 1 spiro atoms. The van der Waals surface area contributed by atoms with Crippen molar-refractivity contribution >= 4 is 23.2 Å². The Morgan fingerprint density at radius 2 is 1.64 bits per heavy atom. The Morgan fingerprint density at radius 3 is 2.36 bits per heavy atom. The van der Waals surface area contributed by atoms with Crippen molar-refractivity contribution in [1.29, 1.82) is 0 Å². The van der Waals surface area contributed by atoms with Gasteiger partial charge in [0.15, 0.2) is 0 Å². The lowest BCUT2D eigenvalue weighted by molar-refractivity contribution is -0.118. The molecule has 5 rings (SSSR count). The first-order valence-electron chi connectivity index (χ1n) is 11.9. The molecular formula is C29H31ClN2O. The second-order valence-corrected chi connectivity index (χ2v) is 10.3. The number of likely N-dealkylation sites (tertiary alicyclic amines) is 1. The van der Waals surface area contributed by atoms with E-state index in [1.807, 2.05) is 29.2 Å². The summed E-state index contributed by atoms with van der Waals surface area (Å²) in [6.45, 7) is 8.20. The number of nitrogens with zero attached hydrogens (tertiary/aromatic N) is 2. The lowest BCUT2D eigenvalue weighted by Gasteiger charge is -2.40. The van der Waals surface area contributed by atoms with Gasteiger partial charge in [0.05, 0.1) is 6.42 Å². The summed E-state index contributed by atoms with van der Waals surface area (Å²) >= 11 is 6.03. The van der Waals surface area contributed by atoms with Gasteiger partial charge in [0.2, 0.25) is 5.91 Å². The fraction of sp³-hybridized carbons (Fsp3) is 0.345. The molecule has 3 nitrogen and oxygen atoms in total. The van der Waals surface area contributed by atoms with E-state index in [0.717, 1.165) is 50.3 Å². The Bertz CT molecular complexity index is 1160. The first kappa shape index (κ1) is 22.2. The van der Waals surface area contributed by atoms with Gasteiger partial charge in [-0.15, -0.1) is 0 Å². The largest absolute Gasteiger partial charge is 0.311 e. The van der Waals surface area contributed by atoms with Crippen molar-refractivity contribution in [2.45, 2.75) is 45.1 Å². The smallest absolute Gasteiger partial charge is 0.231 e. The zero-order chi connectivity index (χ0) is 23.0. The van der Waals surface area contributed by atoms with Crippen LogP contribution in [0.4, 0.5) is 5.69 Å². The van der Waals surface area contributed by atoms with Crippen LogP contribution in [0.1, 0.15) is 40.7 Å². The highest BCUT2D eigenvalue weighted by atomic mass is 35.5. The molecule has 0 aromatic heterocycles. The molecule has 2 heterocycles. The lowest BCUT2D eigenvalue weighted by Crippen LogP contribution is -2.46. The number of amides is 1. The van der Waals surface area contributed by atoms with Crippen molar-refractivity contribution in [3.63, 3.8) is 0 Å². The zero-order valence-corrected chi connectivity index (χ0v) is 20.2. The van der Waals surface area contributed by atoms with Gasteiger partial charge in [-0.05, 0) is 74.7 Å². The van der Waals surface area contributed by atoms with Crippen LogP contribution < -0.4 is 4.90 Å². The van der Waals surface area contributed by atoms with Gasteiger partial charge < -0.3 is 4.90 Å². The zero-order valence-electron chi connectivity index (χ0n) is 19.5. The number of fused-ring (bicyclic) bond motifs is 2. The summed E-state index contributed by atoms with van der Waals surface area (Å²) in [5.74, 6) is 0.168. The van der Waals surface area contributed by atoms with Gasteiger partial charge in [-0.1, -0.05) is 71.3 Å². The number of piperidine rings is 1. The minimum atomic E-state index is 0.0557. The number of rotatable bonds is 4. The molecule has 0 N–H and O–H groups in total. The molecule has 0 saturated carbocycles. The van der Waals surface area contributed by atoms with Crippen molar-refractivity contribution in [1.82, 2.24) is 4.90 Å². The molecule has 1 fully saturated rings. The second-order valence-electron chi connectivity index (χ2n) is 9.85. The van der Waals surface area contributed by atoms with Crippen molar-refractivity contribution in [2.24, 2.45) is 0 Å². The number of halogens is 1. The molecule has 33 heavy (non-hydrogen) atoms. The summed E-state index contributed by atoms with van der Waals surface area (Å²) in [6.07, 6.45) is 2.57. The van der Waals surface area contributed by atoms with Gasteiger partial charge in [-0.2, -0.15) is 0 Å². The summed E-state index contributed by atoms with van der Waals surface area (Å²) in [4.78, 5) is 18.0. The molecule has 4 heteroatoms. The fourth-order valence-electron chi connectivity index (χ4n) is 5.51. The van der Waals surface area contributed by atoms with Crippen molar-refractivity contribution in [2.75, 3.05) is 24.5 Å². The number of benzene rings is 3. The van der Waals surface area contributed by atoms with E-state index in [0.29, 0.717) is 11.4 Å². The van der Waals surface area contributed by atoms with E-state index in [4.69, 9.17) is 11.6 Å². The molecule has 2 aliphatic heterocycles.